The molecule has 0 radical (unpaired) electrons. The number of hydrogen-bond donors (Lipinski definition) is 0. The number of halogens is 4. The zero-order valence-electron chi connectivity index (χ0n) is 20.3. The topological polar surface area (TPSA) is 9.23 Å². The number of unbranched alkanes of at least 4 members (excludes halogenated alkanes) is 7. The van der Waals surface area contributed by atoms with Crippen LogP contribution < -0.4 is 4.74 Å². The summed E-state index contributed by atoms with van der Waals surface area (Å²) in [6.45, 7) is 2.26. The average molecular weight is 479 g/mol. The van der Waals surface area contributed by atoms with Crippen molar-refractivity contribution in [2.45, 2.75) is 103 Å². The minimum absolute atomic E-state index is 0.535. The minimum atomic E-state index is -4.91. The summed E-state index contributed by atoms with van der Waals surface area (Å²) in [5.74, 6) is -0.412. The molecule has 0 atom stereocenters. The highest BCUT2D eigenvalue weighted by Crippen LogP contribution is 2.38. The van der Waals surface area contributed by atoms with Crippen LogP contribution in [-0.4, -0.2) is 6.36 Å². The molecule has 1 fully saturated rings. The molecule has 0 unspecified atom stereocenters. The van der Waals surface area contributed by atoms with Gasteiger partial charge in [-0.2, -0.15) is 0 Å². The van der Waals surface area contributed by atoms with Crippen molar-refractivity contribution in [3.05, 3.63) is 53.8 Å². The molecule has 1 nitrogen and oxygen atoms in total. The predicted octanol–water partition coefficient (Wildman–Crippen LogP) is 10.2. The van der Waals surface area contributed by atoms with Crippen LogP contribution >= 0.6 is 0 Å². The van der Waals surface area contributed by atoms with Crippen molar-refractivity contribution in [3.63, 3.8) is 0 Å². The summed E-state index contributed by atoms with van der Waals surface area (Å²) < 4.78 is 54.8. The van der Waals surface area contributed by atoms with Crippen LogP contribution in [0.1, 0.15) is 102 Å². The van der Waals surface area contributed by atoms with Gasteiger partial charge >= 0.3 is 6.36 Å². The molecule has 0 aromatic heterocycles. The lowest BCUT2D eigenvalue weighted by Crippen LogP contribution is -2.17. The lowest BCUT2D eigenvalue weighted by Gasteiger charge is -2.29. The fraction of sp³-hybridized carbons (Fsp3) is 0.586. The van der Waals surface area contributed by atoms with E-state index in [0.717, 1.165) is 23.6 Å². The van der Waals surface area contributed by atoms with E-state index in [0.29, 0.717) is 11.5 Å². The molecule has 1 saturated carbocycles. The summed E-state index contributed by atoms with van der Waals surface area (Å²) in [7, 11) is 0. The van der Waals surface area contributed by atoms with Gasteiger partial charge in [0.2, 0.25) is 0 Å². The Morgan fingerprint density at radius 2 is 1.35 bits per heavy atom. The molecule has 3 rings (SSSR count). The second-order valence-corrected chi connectivity index (χ2v) is 9.80. The second-order valence-electron chi connectivity index (χ2n) is 9.80. The summed E-state index contributed by atoms with van der Waals surface area (Å²) in [5, 5.41) is 0. The van der Waals surface area contributed by atoms with Crippen LogP contribution in [-0.2, 0) is 0 Å². The maximum Gasteiger partial charge on any atom is 0.573 e. The first-order valence-corrected chi connectivity index (χ1v) is 13.0. The fourth-order valence-electron chi connectivity index (χ4n) is 5.19. The quantitative estimate of drug-likeness (QED) is 0.218. The number of benzene rings is 2. The van der Waals surface area contributed by atoms with Crippen LogP contribution in [0.15, 0.2) is 42.5 Å². The van der Waals surface area contributed by atoms with Gasteiger partial charge in [-0.3, -0.25) is 0 Å². The summed E-state index contributed by atoms with van der Waals surface area (Å²) >= 11 is 0. The Bertz CT molecular complexity index is 851. The highest BCUT2D eigenvalue weighted by molar-refractivity contribution is 5.64. The van der Waals surface area contributed by atoms with E-state index in [1.807, 2.05) is 12.1 Å². The third kappa shape index (κ3) is 8.63. The normalized spacial score (nSPS) is 18.7. The van der Waals surface area contributed by atoms with E-state index < -0.39 is 17.9 Å². The molecule has 1 aliphatic rings. The summed E-state index contributed by atoms with van der Waals surface area (Å²) in [4.78, 5) is 0. The minimum Gasteiger partial charge on any atom is -0.403 e. The highest BCUT2D eigenvalue weighted by atomic mass is 19.4. The van der Waals surface area contributed by atoms with E-state index >= 15 is 0 Å². The molecule has 0 heterocycles. The molecule has 0 N–H and O–H groups in total. The van der Waals surface area contributed by atoms with Gasteiger partial charge in [-0.25, -0.2) is 4.39 Å². The molecule has 2 aromatic rings. The van der Waals surface area contributed by atoms with Gasteiger partial charge < -0.3 is 4.74 Å². The van der Waals surface area contributed by atoms with E-state index in [9.17, 15) is 17.6 Å². The van der Waals surface area contributed by atoms with Crippen molar-refractivity contribution in [2.75, 3.05) is 0 Å². The molecule has 0 spiro atoms. The molecule has 0 aliphatic heterocycles. The van der Waals surface area contributed by atoms with Crippen molar-refractivity contribution >= 4 is 0 Å². The van der Waals surface area contributed by atoms with Crippen LogP contribution in [0.4, 0.5) is 17.6 Å². The van der Waals surface area contributed by atoms with E-state index in [1.54, 1.807) is 0 Å². The molecular formula is C29H38F4O. The van der Waals surface area contributed by atoms with Gasteiger partial charge in [-0.15, -0.1) is 13.2 Å². The standard InChI is InChI=1S/C29H38F4O/c1-2-3-4-5-6-7-8-9-10-22-11-13-23(14-12-22)24-15-17-25(18-16-24)26-19-20-28(27(30)21-26)34-29(31,32)33/h15-23H,2-14H2,1H3. The van der Waals surface area contributed by atoms with Gasteiger partial charge in [0.05, 0.1) is 0 Å². The Labute approximate surface area is 201 Å². The lowest BCUT2D eigenvalue weighted by atomic mass is 9.77. The number of rotatable bonds is 12. The fourth-order valence-corrected chi connectivity index (χ4v) is 5.19. The Balaban J connectivity index is 1.42. The van der Waals surface area contributed by atoms with Crippen LogP contribution in [0, 0.1) is 11.7 Å². The molecule has 1 aliphatic carbocycles. The Morgan fingerprint density at radius 3 is 1.94 bits per heavy atom. The van der Waals surface area contributed by atoms with Crippen LogP contribution in [0.5, 0.6) is 5.75 Å². The lowest BCUT2D eigenvalue weighted by molar-refractivity contribution is -0.275. The zero-order chi connectivity index (χ0) is 24.4. The second kappa shape index (κ2) is 13.2. The summed E-state index contributed by atoms with van der Waals surface area (Å²) in [6, 6.07) is 11.6. The molecular weight excluding hydrogens is 440 g/mol. The molecule has 5 heteroatoms. The molecule has 34 heavy (non-hydrogen) atoms. The first kappa shape index (κ1) is 26.6. The first-order chi connectivity index (χ1) is 16.4. The largest absolute Gasteiger partial charge is 0.573 e. The highest BCUT2D eigenvalue weighted by Gasteiger charge is 2.32. The Morgan fingerprint density at radius 1 is 0.765 bits per heavy atom. The smallest absolute Gasteiger partial charge is 0.403 e. The number of ether oxygens (including phenoxy) is 1. The van der Waals surface area contributed by atoms with Crippen molar-refractivity contribution in [2.24, 2.45) is 5.92 Å². The zero-order valence-corrected chi connectivity index (χ0v) is 20.3. The third-order valence-electron chi connectivity index (χ3n) is 7.19. The number of alkyl halides is 3. The van der Waals surface area contributed by atoms with Crippen molar-refractivity contribution in [1.29, 1.82) is 0 Å². The monoisotopic (exact) mass is 478 g/mol. The molecule has 188 valence electrons. The van der Waals surface area contributed by atoms with Crippen molar-refractivity contribution in [3.8, 4) is 16.9 Å². The van der Waals surface area contributed by atoms with E-state index in [4.69, 9.17) is 0 Å². The Kier molecular flexibility index (Phi) is 10.3. The summed E-state index contributed by atoms with van der Waals surface area (Å²) in [6.07, 6.45) is 12.4. The summed E-state index contributed by atoms with van der Waals surface area (Å²) in [5.41, 5.74) is 2.61. The molecule has 0 saturated heterocycles. The van der Waals surface area contributed by atoms with Gasteiger partial charge in [-0.05, 0) is 66.3 Å². The van der Waals surface area contributed by atoms with Gasteiger partial charge in [0.25, 0.3) is 0 Å². The molecule has 0 amide bonds. The maximum absolute atomic E-state index is 14.0. The van der Waals surface area contributed by atoms with Crippen LogP contribution in [0.25, 0.3) is 11.1 Å². The van der Waals surface area contributed by atoms with Crippen LogP contribution in [0.3, 0.4) is 0 Å². The SMILES string of the molecule is CCCCCCCCCCC1CCC(c2ccc(-c3ccc(OC(F)(F)F)c(F)c3)cc2)CC1. The maximum atomic E-state index is 14.0. The van der Waals surface area contributed by atoms with Gasteiger partial charge in [-0.1, -0.05) is 95.0 Å². The average Bonchev–Trinajstić information content (AvgIpc) is 2.82. The molecule has 0 bridgehead atoms. The van der Waals surface area contributed by atoms with Gasteiger partial charge in [0, 0.05) is 0 Å². The van der Waals surface area contributed by atoms with E-state index in [2.05, 4.69) is 23.8 Å². The third-order valence-corrected chi connectivity index (χ3v) is 7.19. The first-order valence-electron chi connectivity index (χ1n) is 13.0. The molecule has 2 aromatic carbocycles. The van der Waals surface area contributed by atoms with Crippen molar-refractivity contribution in [1.82, 2.24) is 0 Å². The predicted molar refractivity (Wildman–Crippen MR) is 130 cm³/mol. The number of hydrogen-bond acceptors (Lipinski definition) is 1. The van der Waals surface area contributed by atoms with Crippen LogP contribution in [0.2, 0.25) is 0 Å². The van der Waals surface area contributed by atoms with Crippen molar-refractivity contribution < 1.29 is 22.3 Å². The van der Waals surface area contributed by atoms with E-state index in [1.165, 1.54) is 95.1 Å². The van der Waals surface area contributed by atoms with Gasteiger partial charge in [0.1, 0.15) is 0 Å². The van der Waals surface area contributed by atoms with E-state index in [-0.39, 0.29) is 0 Å². The van der Waals surface area contributed by atoms with Gasteiger partial charge in [0.15, 0.2) is 11.6 Å². The Hall–Kier alpha value is -2.04.